The van der Waals surface area contributed by atoms with Gasteiger partial charge in [-0.2, -0.15) is 0 Å². The van der Waals surface area contributed by atoms with Crippen LogP contribution in [0.1, 0.15) is 6.42 Å². The number of aliphatic carboxylic acids is 1. The molecule has 0 aromatic rings. The standard InChI is InChI=1S/C8H6F3NO4/c9-8(10,11)16-7(15)5-1-4(6(13)14)2-12-3-5/h2-3,5H,1H2,(H,13,14). The fourth-order valence-corrected chi connectivity index (χ4v) is 1.06. The van der Waals surface area contributed by atoms with Crippen molar-refractivity contribution in [2.24, 2.45) is 10.9 Å². The summed E-state index contributed by atoms with van der Waals surface area (Å²) in [5, 5.41) is 8.55. The quantitative estimate of drug-likeness (QED) is 0.730. The van der Waals surface area contributed by atoms with Gasteiger partial charge in [0.05, 0.1) is 11.5 Å². The SMILES string of the molecule is O=C(O)C1=CN=CC(C(=O)OC(F)(F)F)C1. The molecular weight excluding hydrogens is 231 g/mol. The van der Waals surface area contributed by atoms with E-state index in [2.05, 4.69) is 9.73 Å². The predicted octanol–water partition coefficient (Wildman–Crippen LogP) is 1.11. The summed E-state index contributed by atoms with van der Waals surface area (Å²) in [5.74, 6) is -4.22. The van der Waals surface area contributed by atoms with Crippen LogP contribution in [0.25, 0.3) is 0 Å². The van der Waals surface area contributed by atoms with Crippen LogP contribution in [0.4, 0.5) is 13.2 Å². The van der Waals surface area contributed by atoms with Crippen molar-refractivity contribution < 1.29 is 32.6 Å². The number of carboxylic acid groups (broad SMARTS) is 1. The molecule has 1 N–H and O–H groups in total. The molecule has 0 radical (unpaired) electrons. The third-order valence-corrected chi connectivity index (χ3v) is 1.73. The van der Waals surface area contributed by atoms with E-state index >= 15 is 0 Å². The third-order valence-electron chi connectivity index (χ3n) is 1.73. The summed E-state index contributed by atoms with van der Waals surface area (Å²) in [4.78, 5) is 24.8. The van der Waals surface area contributed by atoms with Crippen molar-refractivity contribution in [1.82, 2.24) is 0 Å². The second-order valence-electron chi connectivity index (χ2n) is 2.94. The number of carbonyl (C=O) groups is 2. The van der Waals surface area contributed by atoms with E-state index < -0.39 is 24.2 Å². The smallest absolute Gasteiger partial charge is 0.478 e. The van der Waals surface area contributed by atoms with Gasteiger partial charge in [-0.1, -0.05) is 0 Å². The molecule has 1 aliphatic heterocycles. The minimum absolute atomic E-state index is 0.244. The Kier molecular flexibility index (Phi) is 3.31. The molecule has 16 heavy (non-hydrogen) atoms. The Morgan fingerprint density at radius 3 is 2.62 bits per heavy atom. The summed E-state index contributed by atoms with van der Waals surface area (Å²) in [5.41, 5.74) is -0.244. The Labute approximate surface area is 87.2 Å². The average Bonchev–Trinajstić information content (AvgIpc) is 2.15. The number of esters is 1. The van der Waals surface area contributed by atoms with Crippen molar-refractivity contribution in [3.8, 4) is 0 Å². The van der Waals surface area contributed by atoms with Crippen LogP contribution in [0.3, 0.4) is 0 Å². The molecule has 0 aliphatic carbocycles. The zero-order chi connectivity index (χ0) is 12.3. The summed E-state index contributed by atoms with van der Waals surface area (Å²) in [6.07, 6.45) is -3.55. The van der Waals surface area contributed by atoms with Crippen LogP contribution in [0.2, 0.25) is 0 Å². The summed E-state index contributed by atoms with van der Waals surface area (Å²) in [6, 6.07) is 0. The number of ether oxygens (including phenoxy) is 1. The summed E-state index contributed by atoms with van der Waals surface area (Å²) in [6.45, 7) is 0. The number of halogens is 3. The van der Waals surface area contributed by atoms with Crippen LogP contribution < -0.4 is 0 Å². The first-order chi connectivity index (χ1) is 7.29. The number of carboxylic acids is 1. The second kappa shape index (κ2) is 4.33. The molecule has 0 aromatic carbocycles. The van der Waals surface area contributed by atoms with Gasteiger partial charge in [0.2, 0.25) is 0 Å². The van der Waals surface area contributed by atoms with Crippen LogP contribution in [0.15, 0.2) is 16.8 Å². The first-order valence-electron chi connectivity index (χ1n) is 4.05. The largest absolute Gasteiger partial charge is 0.575 e. The fourth-order valence-electron chi connectivity index (χ4n) is 1.06. The summed E-state index contributed by atoms with van der Waals surface area (Å²) >= 11 is 0. The molecule has 0 saturated heterocycles. The van der Waals surface area contributed by atoms with Gasteiger partial charge in [0.25, 0.3) is 0 Å². The molecule has 88 valence electrons. The van der Waals surface area contributed by atoms with Gasteiger partial charge in [-0.3, -0.25) is 9.79 Å². The second-order valence-corrected chi connectivity index (χ2v) is 2.94. The third kappa shape index (κ3) is 3.37. The van der Waals surface area contributed by atoms with E-state index in [0.717, 1.165) is 12.4 Å². The number of nitrogens with zero attached hydrogens (tertiary/aromatic N) is 1. The minimum atomic E-state index is -5.07. The molecule has 0 fully saturated rings. The van der Waals surface area contributed by atoms with Crippen LogP contribution in [-0.4, -0.2) is 29.6 Å². The van der Waals surface area contributed by atoms with Gasteiger partial charge in [-0.25, -0.2) is 4.79 Å². The van der Waals surface area contributed by atoms with Crippen LogP contribution in [0, 0.1) is 5.92 Å². The highest BCUT2D eigenvalue weighted by molar-refractivity contribution is 5.95. The Morgan fingerprint density at radius 1 is 1.50 bits per heavy atom. The molecule has 1 rings (SSSR count). The summed E-state index contributed by atoms with van der Waals surface area (Å²) < 4.78 is 38.2. The molecule has 0 saturated carbocycles. The molecule has 0 amide bonds. The van der Waals surface area contributed by atoms with Crippen molar-refractivity contribution in [1.29, 1.82) is 0 Å². The van der Waals surface area contributed by atoms with Crippen LogP contribution in [0.5, 0.6) is 0 Å². The Hall–Kier alpha value is -1.86. The lowest BCUT2D eigenvalue weighted by Gasteiger charge is -2.15. The van der Waals surface area contributed by atoms with Gasteiger partial charge in [0.15, 0.2) is 0 Å². The van der Waals surface area contributed by atoms with E-state index in [1.807, 2.05) is 0 Å². The lowest BCUT2D eigenvalue weighted by Crippen LogP contribution is -2.28. The normalized spacial score (nSPS) is 20.2. The van der Waals surface area contributed by atoms with Gasteiger partial charge >= 0.3 is 18.3 Å². The molecule has 0 aromatic heterocycles. The highest BCUT2D eigenvalue weighted by Gasteiger charge is 2.37. The van der Waals surface area contributed by atoms with Gasteiger partial charge < -0.3 is 9.84 Å². The van der Waals surface area contributed by atoms with E-state index in [4.69, 9.17) is 5.11 Å². The Balaban J connectivity index is 2.65. The van der Waals surface area contributed by atoms with E-state index in [1.54, 1.807) is 0 Å². The van der Waals surface area contributed by atoms with E-state index in [0.29, 0.717) is 0 Å². The van der Waals surface area contributed by atoms with Crippen molar-refractivity contribution in [3.63, 3.8) is 0 Å². The van der Waals surface area contributed by atoms with Crippen LogP contribution >= 0.6 is 0 Å². The van der Waals surface area contributed by atoms with E-state index in [9.17, 15) is 22.8 Å². The maximum absolute atomic E-state index is 11.7. The zero-order valence-corrected chi connectivity index (χ0v) is 7.69. The van der Waals surface area contributed by atoms with Crippen molar-refractivity contribution in [2.45, 2.75) is 12.8 Å². The van der Waals surface area contributed by atoms with Crippen molar-refractivity contribution in [2.75, 3.05) is 0 Å². The van der Waals surface area contributed by atoms with Gasteiger partial charge in [0, 0.05) is 12.4 Å². The molecule has 8 heteroatoms. The predicted molar refractivity (Wildman–Crippen MR) is 44.5 cm³/mol. The molecule has 0 bridgehead atoms. The number of hydrogen-bond acceptors (Lipinski definition) is 4. The first-order valence-corrected chi connectivity index (χ1v) is 4.05. The lowest BCUT2D eigenvalue weighted by atomic mass is 9.99. The molecule has 1 unspecified atom stereocenters. The highest BCUT2D eigenvalue weighted by Crippen LogP contribution is 2.22. The van der Waals surface area contributed by atoms with Gasteiger partial charge in [0.1, 0.15) is 0 Å². The summed E-state index contributed by atoms with van der Waals surface area (Å²) in [7, 11) is 0. The number of aliphatic imine (C=N–C) groups is 1. The van der Waals surface area contributed by atoms with Gasteiger partial charge in [-0.15, -0.1) is 13.2 Å². The molecule has 1 heterocycles. The monoisotopic (exact) mass is 237 g/mol. The fraction of sp³-hybridized carbons (Fsp3) is 0.375. The van der Waals surface area contributed by atoms with Crippen molar-refractivity contribution in [3.05, 3.63) is 11.8 Å². The van der Waals surface area contributed by atoms with E-state index in [-0.39, 0.29) is 12.0 Å². The topological polar surface area (TPSA) is 76.0 Å². The molecule has 1 atom stereocenters. The number of rotatable bonds is 2. The molecular formula is C8H6F3NO4. The Bertz CT molecular complexity index is 372. The highest BCUT2D eigenvalue weighted by atomic mass is 19.4. The molecule has 0 spiro atoms. The maximum Gasteiger partial charge on any atom is 0.575 e. The maximum atomic E-state index is 11.7. The van der Waals surface area contributed by atoms with E-state index in [1.165, 1.54) is 0 Å². The number of carbonyl (C=O) groups excluding carboxylic acids is 1. The molecule has 1 aliphatic rings. The minimum Gasteiger partial charge on any atom is -0.478 e. The zero-order valence-electron chi connectivity index (χ0n) is 7.69. The lowest BCUT2D eigenvalue weighted by molar-refractivity contribution is -0.306. The average molecular weight is 237 g/mol. The van der Waals surface area contributed by atoms with Crippen molar-refractivity contribution >= 4 is 18.2 Å². The number of alkyl halides is 3. The molecule has 5 nitrogen and oxygen atoms in total. The van der Waals surface area contributed by atoms with Crippen LogP contribution in [-0.2, 0) is 14.3 Å². The number of hydrogen-bond donors (Lipinski definition) is 1. The Morgan fingerprint density at radius 2 is 2.12 bits per heavy atom. The first kappa shape index (κ1) is 12.2. The van der Waals surface area contributed by atoms with Gasteiger partial charge in [-0.05, 0) is 6.42 Å².